The van der Waals surface area contributed by atoms with Crippen LogP contribution in [0, 0.1) is 6.92 Å². The molecule has 0 N–H and O–H groups in total. The van der Waals surface area contributed by atoms with E-state index in [2.05, 4.69) is 41.9 Å². The number of nitrogens with zero attached hydrogens (tertiary/aromatic N) is 4. The molecule has 0 amide bonds. The lowest BCUT2D eigenvalue weighted by atomic mass is 9.98. The van der Waals surface area contributed by atoms with Gasteiger partial charge in [0.25, 0.3) is 0 Å². The van der Waals surface area contributed by atoms with Gasteiger partial charge in [-0.15, -0.1) is 0 Å². The van der Waals surface area contributed by atoms with E-state index in [1.54, 1.807) is 10.9 Å². The zero-order valence-corrected chi connectivity index (χ0v) is 15.0. The van der Waals surface area contributed by atoms with Gasteiger partial charge < -0.3 is 4.74 Å². The third-order valence-corrected chi connectivity index (χ3v) is 4.41. The van der Waals surface area contributed by atoms with Gasteiger partial charge in [-0.05, 0) is 48.2 Å². The Bertz CT molecular complexity index is 1050. The van der Waals surface area contributed by atoms with Crippen LogP contribution in [0.1, 0.15) is 30.9 Å². The summed E-state index contributed by atoms with van der Waals surface area (Å²) in [7, 11) is 0. The third kappa shape index (κ3) is 2.92. The minimum atomic E-state index is 0.485. The molecular formula is C21H20N4O. The second-order valence-corrected chi connectivity index (χ2v) is 6.58. The van der Waals surface area contributed by atoms with Crippen LogP contribution in [0.3, 0.4) is 0 Å². The number of fused-ring (bicyclic) bond motifs is 1. The molecule has 0 fully saturated rings. The van der Waals surface area contributed by atoms with Crippen molar-refractivity contribution >= 4 is 11.0 Å². The molecule has 0 saturated heterocycles. The number of para-hydroxylation sites is 1. The van der Waals surface area contributed by atoms with E-state index in [-0.39, 0.29) is 0 Å². The van der Waals surface area contributed by atoms with E-state index < -0.39 is 0 Å². The molecule has 0 bridgehead atoms. The minimum Gasteiger partial charge on any atom is -0.438 e. The molecular weight excluding hydrogens is 324 g/mol. The van der Waals surface area contributed by atoms with Gasteiger partial charge in [0.05, 0.1) is 11.9 Å². The van der Waals surface area contributed by atoms with Crippen molar-refractivity contribution in [3.8, 4) is 17.3 Å². The number of aromatic nitrogens is 4. The van der Waals surface area contributed by atoms with Crippen LogP contribution < -0.4 is 4.74 Å². The zero-order valence-electron chi connectivity index (χ0n) is 15.0. The van der Waals surface area contributed by atoms with E-state index >= 15 is 0 Å². The summed E-state index contributed by atoms with van der Waals surface area (Å²) in [6, 6.07) is 16.0. The maximum atomic E-state index is 6.05. The standard InChI is InChI=1S/C21H20N4O/c1-14(2)18-10-9-17(11-15(18)3)26-21-19-12-24-25(20(19)22-13-23-21)16-7-5-4-6-8-16/h4-14H,1-3H3. The summed E-state index contributed by atoms with van der Waals surface area (Å²) in [6.07, 6.45) is 3.25. The van der Waals surface area contributed by atoms with Gasteiger partial charge in [0.2, 0.25) is 5.88 Å². The summed E-state index contributed by atoms with van der Waals surface area (Å²) in [5, 5.41) is 5.24. The quantitative estimate of drug-likeness (QED) is 0.520. The summed E-state index contributed by atoms with van der Waals surface area (Å²) < 4.78 is 7.84. The van der Waals surface area contributed by atoms with E-state index in [0.717, 1.165) is 22.5 Å². The molecule has 2 aromatic carbocycles. The van der Waals surface area contributed by atoms with Crippen LogP contribution in [0.5, 0.6) is 11.6 Å². The molecule has 0 aliphatic carbocycles. The first-order valence-corrected chi connectivity index (χ1v) is 8.66. The van der Waals surface area contributed by atoms with Gasteiger partial charge in [0, 0.05) is 0 Å². The predicted octanol–water partition coefficient (Wildman–Crippen LogP) is 5.04. The summed E-state index contributed by atoms with van der Waals surface area (Å²) in [6.45, 7) is 6.48. The van der Waals surface area contributed by atoms with Crippen LogP contribution in [0.25, 0.3) is 16.7 Å². The van der Waals surface area contributed by atoms with Crippen molar-refractivity contribution in [3.05, 3.63) is 72.2 Å². The van der Waals surface area contributed by atoms with Gasteiger partial charge in [-0.2, -0.15) is 5.10 Å². The molecule has 0 aliphatic rings. The molecule has 5 nitrogen and oxygen atoms in total. The number of aryl methyl sites for hydroxylation is 1. The molecule has 4 rings (SSSR count). The molecule has 130 valence electrons. The molecule has 4 aromatic rings. The molecule has 26 heavy (non-hydrogen) atoms. The Morgan fingerprint density at radius 2 is 1.81 bits per heavy atom. The Labute approximate surface area is 152 Å². The molecule has 0 unspecified atom stereocenters. The lowest BCUT2D eigenvalue weighted by Gasteiger charge is -2.12. The maximum Gasteiger partial charge on any atom is 0.233 e. The van der Waals surface area contributed by atoms with Crippen LogP contribution in [-0.2, 0) is 0 Å². The summed E-state index contributed by atoms with van der Waals surface area (Å²) in [5.41, 5.74) is 4.20. The van der Waals surface area contributed by atoms with E-state index in [9.17, 15) is 0 Å². The Morgan fingerprint density at radius 1 is 1.00 bits per heavy atom. The first kappa shape index (κ1) is 16.3. The van der Waals surface area contributed by atoms with Crippen molar-refractivity contribution in [2.45, 2.75) is 26.7 Å². The van der Waals surface area contributed by atoms with Gasteiger partial charge >= 0.3 is 0 Å². The number of benzene rings is 2. The summed E-state index contributed by atoms with van der Waals surface area (Å²) in [5.74, 6) is 1.76. The summed E-state index contributed by atoms with van der Waals surface area (Å²) in [4.78, 5) is 8.69. The van der Waals surface area contributed by atoms with Crippen LogP contribution in [0.15, 0.2) is 61.1 Å². The van der Waals surface area contributed by atoms with Crippen LogP contribution in [0.4, 0.5) is 0 Å². The van der Waals surface area contributed by atoms with Crippen molar-refractivity contribution in [2.75, 3.05) is 0 Å². The number of rotatable bonds is 4. The van der Waals surface area contributed by atoms with Gasteiger partial charge in [-0.3, -0.25) is 0 Å². The largest absolute Gasteiger partial charge is 0.438 e. The van der Waals surface area contributed by atoms with Crippen LogP contribution >= 0.6 is 0 Å². The maximum absolute atomic E-state index is 6.05. The number of hydrogen-bond donors (Lipinski definition) is 0. The molecule has 0 atom stereocenters. The minimum absolute atomic E-state index is 0.485. The van der Waals surface area contributed by atoms with Gasteiger partial charge in [0.15, 0.2) is 5.65 Å². The molecule has 0 spiro atoms. The molecule has 2 heterocycles. The Balaban J connectivity index is 1.72. The monoisotopic (exact) mass is 344 g/mol. The fourth-order valence-corrected chi connectivity index (χ4v) is 3.13. The average Bonchev–Trinajstić information content (AvgIpc) is 3.07. The lowest BCUT2D eigenvalue weighted by molar-refractivity contribution is 0.467. The highest BCUT2D eigenvalue weighted by molar-refractivity contribution is 5.81. The van der Waals surface area contributed by atoms with Crippen molar-refractivity contribution in [2.24, 2.45) is 0 Å². The second kappa shape index (κ2) is 6.59. The van der Waals surface area contributed by atoms with Crippen LogP contribution in [0.2, 0.25) is 0 Å². The average molecular weight is 344 g/mol. The highest BCUT2D eigenvalue weighted by Gasteiger charge is 2.13. The van der Waals surface area contributed by atoms with Gasteiger partial charge in [0.1, 0.15) is 17.5 Å². The molecule has 2 aromatic heterocycles. The van der Waals surface area contributed by atoms with E-state index in [1.807, 2.05) is 42.5 Å². The first-order valence-electron chi connectivity index (χ1n) is 8.66. The molecule has 0 radical (unpaired) electrons. The third-order valence-electron chi connectivity index (χ3n) is 4.41. The number of hydrogen-bond acceptors (Lipinski definition) is 4. The Morgan fingerprint density at radius 3 is 2.54 bits per heavy atom. The normalized spacial score (nSPS) is 11.2. The molecule has 0 aliphatic heterocycles. The second-order valence-electron chi connectivity index (χ2n) is 6.58. The van der Waals surface area contributed by atoms with E-state index in [4.69, 9.17) is 4.74 Å². The van der Waals surface area contributed by atoms with Crippen molar-refractivity contribution in [1.82, 2.24) is 19.7 Å². The smallest absolute Gasteiger partial charge is 0.233 e. The van der Waals surface area contributed by atoms with Crippen molar-refractivity contribution in [1.29, 1.82) is 0 Å². The van der Waals surface area contributed by atoms with E-state index in [0.29, 0.717) is 11.8 Å². The Hall–Kier alpha value is -3.21. The number of ether oxygens (including phenoxy) is 1. The topological polar surface area (TPSA) is 52.8 Å². The van der Waals surface area contributed by atoms with Gasteiger partial charge in [-0.25, -0.2) is 14.6 Å². The zero-order chi connectivity index (χ0) is 18.1. The van der Waals surface area contributed by atoms with Crippen molar-refractivity contribution in [3.63, 3.8) is 0 Å². The fraction of sp³-hybridized carbons (Fsp3) is 0.190. The highest BCUT2D eigenvalue weighted by Crippen LogP contribution is 2.30. The van der Waals surface area contributed by atoms with Crippen LogP contribution in [-0.4, -0.2) is 19.7 Å². The Kier molecular flexibility index (Phi) is 4.13. The predicted molar refractivity (Wildman–Crippen MR) is 102 cm³/mol. The SMILES string of the molecule is Cc1cc(Oc2ncnc3c2cnn3-c2ccccc2)ccc1C(C)C. The first-order chi connectivity index (χ1) is 12.6. The molecule has 0 saturated carbocycles. The highest BCUT2D eigenvalue weighted by atomic mass is 16.5. The lowest BCUT2D eigenvalue weighted by Crippen LogP contribution is -1.98. The van der Waals surface area contributed by atoms with Gasteiger partial charge in [-0.1, -0.05) is 38.1 Å². The van der Waals surface area contributed by atoms with Crippen molar-refractivity contribution < 1.29 is 4.74 Å². The van der Waals surface area contributed by atoms with E-state index in [1.165, 1.54) is 17.5 Å². The molecule has 5 heteroatoms. The fourth-order valence-electron chi connectivity index (χ4n) is 3.13. The summed E-state index contributed by atoms with van der Waals surface area (Å²) >= 11 is 0.